The quantitative estimate of drug-likeness (QED) is 0.773. The van der Waals surface area contributed by atoms with E-state index in [1.807, 2.05) is 6.92 Å². The van der Waals surface area contributed by atoms with Gasteiger partial charge in [0.15, 0.2) is 0 Å². The number of hydrogen-bond donors (Lipinski definition) is 2. The molecular formula is C15H24ClN3O4S. The van der Waals surface area contributed by atoms with E-state index in [4.69, 9.17) is 4.74 Å². The molecule has 136 valence electrons. The Labute approximate surface area is 149 Å². The van der Waals surface area contributed by atoms with E-state index in [1.54, 1.807) is 24.3 Å². The van der Waals surface area contributed by atoms with Crippen molar-refractivity contribution in [2.75, 3.05) is 27.2 Å². The SMILES string of the molecule is C[C@H]1OCCN[C@@H]1C(=O)NCc1ccccc1S(=O)(=O)N(C)C.Cl. The molecule has 0 radical (unpaired) electrons. The Kier molecular flexibility index (Phi) is 7.62. The van der Waals surface area contributed by atoms with E-state index in [2.05, 4.69) is 10.6 Å². The monoisotopic (exact) mass is 377 g/mol. The molecule has 1 fully saturated rings. The van der Waals surface area contributed by atoms with Crippen molar-refractivity contribution in [1.82, 2.24) is 14.9 Å². The molecule has 1 aliphatic heterocycles. The Morgan fingerprint density at radius 2 is 2.04 bits per heavy atom. The number of morpholine rings is 1. The predicted octanol–water partition coefficient (Wildman–Crippen LogP) is 0.352. The molecule has 2 rings (SSSR count). The van der Waals surface area contributed by atoms with Gasteiger partial charge >= 0.3 is 0 Å². The van der Waals surface area contributed by atoms with E-state index in [0.29, 0.717) is 18.7 Å². The van der Waals surface area contributed by atoms with Gasteiger partial charge in [0.1, 0.15) is 6.04 Å². The normalized spacial score (nSPS) is 21.2. The Morgan fingerprint density at radius 3 is 2.67 bits per heavy atom. The summed E-state index contributed by atoms with van der Waals surface area (Å²) < 4.78 is 31.3. The third-order valence-corrected chi connectivity index (χ3v) is 5.70. The summed E-state index contributed by atoms with van der Waals surface area (Å²) >= 11 is 0. The number of carbonyl (C=O) groups excluding carboxylic acids is 1. The summed E-state index contributed by atoms with van der Waals surface area (Å²) in [5.41, 5.74) is 0.555. The lowest BCUT2D eigenvalue weighted by atomic mass is 10.1. The van der Waals surface area contributed by atoms with Crippen molar-refractivity contribution in [3.8, 4) is 0 Å². The number of sulfonamides is 1. The van der Waals surface area contributed by atoms with E-state index in [0.717, 1.165) is 4.31 Å². The molecule has 0 spiro atoms. The highest BCUT2D eigenvalue weighted by Gasteiger charge is 2.28. The highest BCUT2D eigenvalue weighted by molar-refractivity contribution is 7.89. The lowest BCUT2D eigenvalue weighted by Gasteiger charge is -2.29. The summed E-state index contributed by atoms with van der Waals surface area (Å²) in [6, 6.07) is 6.23. The molecule has 0 aliphatic carbocycles. The molecule has 7 nitrogen and oxygen atoms in total. The smallest absolute Gasteiger partial charge is 0.242 e. The van der Waals surface area contributed by atoms with Crippen molar-refractivity contribution in [3.63, 3.8) is 0 Å². The molecule has 0 unspecified atom stereocenters. The molecule has 1 amide bonds. The molecule has 1 aromatic rings. The van der Waals surface area contributed by atoms with Crippen molar-refractivity contribution in [2.24, 2.45) is 0 Å². The van der Waals surface area contributed by atoms with Gasteiger partial charge in [-0.25, -0.2) is 12.7 Å². The minimum Gasteiger partial charge on any atom is -0.375 e. The van der Waals surface area contributed by atoms with Gasteiger partial charge in [-0.3, -0.25) is 4.79 Å². The van der Waals surface area contributed by atoms with Crippen molar-refractivity contribution >= 4 is 28.3 Å². The van der Waals surface area contributed by atoms with E-state index >= 15 is 0 Å². The molecule has 1 saturated heterocycles. The maximum Gasteiger partial charge on any atom is 0.242 e. The number of ether oxygens (including phenoxy) is 1. The molecule has 1 aliphatic rings. The van der Waals surface area contributed by atoms with Crippen LogP contribution in [0.2, 0.25) is 0 Å². The average Bonchev–Trinajstić information content (AvgIpc) is 2.53. The Balaban J connectivity index is 0.00000288. The fourth-order valence-corrected chi connectivity index (χ4v) is 3.53. The fraction of sp³-hybridized carbons (Fsp3) is 0.533. The molecule has 0 saturated carbocycles. The molecule has 2 atom stereocenters. The van der Waals surface area contributed by atoms with Gasteiger partial charge in [-0.1, -0.05) is 18.2 Å². The first-order chi connectivity index (χ1) is 10.8. The first kappa shape index (κ1) is 20.9. The number of halogens is 1. The van der Waals surface area contributed by atoms with E-state index in [9.17, 15) is 13.2 Å². The lowest BCUT2D eigenvalue weighted by molar-refractivity contribution is -0.129. The summed E-state index contributed by atoms with van der Waals surface area (Å²) in [4.78, 5) is 12.5. The zero-order valence-corrected chi connectivity index (χ0v) is 15.6. The van der Waals surface area contributed by atoms with Gasteiger partial charge in [-0.2, -0.15) is 0 Å². The van der Waals surface area contributed by atoms with Crippen molar-refractivity contribution in [3.05, 3.63) is 29.8 Å². The maximum absolute atomic E-state index is 12.3. The Morgan fingerprint density at radius 1 is 1.38 bits per heavy atom. The van der Waals surface area contributed by atoms with Gasteiger partial charge in [-0.15, -0.1) is 12.4 Å². The van der Waals surface area contributed by atoms with Crippen LogP contribution >= 0.6 is 12.4 Å². The van der Waals surface area contributed by atoms with E-state index in [1.165, 1.54) is 14.1 Å². The molecule has 9 heteroatoms. The second kappa shape index (κ2) is 8.77. The van der Waals surface area contributed by atoms with Gasteiger partial charge < -0.3 is 15.4 Å². The number of amides is 1. The minimum absolute atomic E-state index is 0. The van der Waals surface area contributed by atoms with Gasteiger partial charge in [0, 0.05) is 27.2 Å². The standard InChI is InChI=1S/C15H23N3O4S.ClH/c1-11-14(16-8-9-22-11)15(19)17-10-12-6-4-5-7-13(12)23(20,21)18(2)3;/h4-7,11,14,16H,8-10H2,1-3H3,(H,17,19);1H/t11-,14+;/m1./s1. The van der Waals surface area contributed by atoms with Gasteiger partial charge in [0.2, 0.25) is 15.9 Å². The van der Waals surface area contributed by atoms with Crippen LogP contribution < -0.4 is 10.6 Å². The van der Waals surface area contributed by atoms with Gasteiger partial charge in [0.05, 0.1) is 17.6 Å². The molecule has 2 N–H and O–H groups in total. The minimum atomic E-state index is -3.55. The molecule has 0 aromatic heterocycles. The number of carbonyl (C=O) groups is 1. The van der Waals surface area contributed by atoms with Gasteiger partial charge in [0.25, 0.3) is 0 Å². The average molecular weight is 378 g/mol. The van der Waals surface area contributed by atoms with Crippen LogP contribution in [-0.2, 0) is 26.1 Å². The first-order valence-corrected chi connectivity index (χ1v) is 8.91. The highest BCUT2D eigenvalue weighted by Crippen LogP contribution is 2.18. The summed E-state index contributed by atoms with van der Waals surface area (Å²) in [5.74, 6) is -0.200. The topological polar surface area (TPSA) is 87.7 Å². The van der Waals surface area contributed by atoms with Crippen LogP contribution in [0, 0.1) is 0 Å². The van der Waals surface area contributed by atoms with Crippen LogP contribution in [0.25, 0.3) is 0 Å². The molecular weight excluding hydrogens is 354 g/mol. The molecule has 0 bridgehead atoms. The third-order valence-electron chi connectivity index (χ3n) is 3.78. The number of hydrogen-bond acceptors (Lipinski definition) is 5. The van der Waals surface area contributed by atoms with Crippen LogP contribution in [0.5, 0.6) is 0 Å². The Bertz CT molecular complexity index is 666. The molecule has 1 heterocycles. The molecule has 24 heavy (non-hydrogen) atoms. The zero-order chi connectivity index (χ0) is 17.0. The summed E-state index contributed by atoms with van der Waals surface area (Å²) in [6.07, 6.45) is -0.218. The van der Waals surface area contributed by atoms with Crippen LogP contribution in [0.15, 0.2) is 29.2 Å². The number of nitrogens with one attached hydrogen (secondary N) is 2. The number of benzene rings is 1. The number of rotatable bonds is 5. The third kappa shape index (κ3) is 4.67. The summed E-state index contributed by atoms with van der Waals surface area (Å²) in [6.45, 7) is 3.18. The number of nitrogens with zero attached hydrogens (tertiary/aromatic N) is 1. The van der Waals surface area contributed by atoms with Crippen LogP contribution in [0.4, 0.5) is 0 Å². The molecule has 1 aromatic carbocycles. The van der Waals surface area contributed by atoms with Crippen molar-refractivity contribution in [2.45, 2.75) is 30.5 Å². The van der Waals surface area contributed by atoms with Crippen LogP contribution in [0.1, 0.15) is 12.5 Å². The van der Waals surface area contributed by atoms with Crippen molar-refractivity contribution in [1.29, 1.82) is 0 Å². The lowest BCUT2D eigenvalue weighted by Crippen LogP contribution is -2.55. The van der Waals surface area contributed by atoms with Crippen LogP contribution in [0.3, 0.4) is 0 Å². The second-order valence-corrected chi connectivity index (χ2v) is 7.74. The fourth-order valence-electron chi connectivity index (χ4n) is 2.42. The summed E-state index contributed by atoms with van der Waals surface area (Å²) in [5, 5.41) is 5.89. The first-order valence-electron chi connectivity index (χ1n) is 7.47. The zero-order valence-electron chi connectivity index (χ0n) is 14.0. The predicted molar refractivity (Wildman–Crippen MR) is 93.6 cm³/mol. The second-order valence-electron chi connectivity index (χ2n) is 5.62. The van der Waals surface area contributed by atoms with Gasteiger partial charge in [-0.05, 0) is 18.6 Å². The van der Waals surface area contributed by atoms with E-state index in [-0.39, 0.29) is 35.9 Å². The van der Waals surface area contributed by atoms with E-state index < -0.39 is 16.1 Å². The van der Waals surface area contributed by atoms with Crippen molar-refractivity contribution < 1.29 is 17.9 Å². The highest BCUT2D eigenvalue weighted by atomic mass is 35.5. The van der Waals surface area contributed by atoms with Crippen LogP contribution in [-0.4, -0.2) is 58.0 Å². The largest absolute Gasteiger partial charge is 0.375 e. The Hall–Kier alpha value is -1.19. The summed E-state index contributed by atoms with van der Waals surface area (Å²) in [7, 11) is -0.586. The maximum atomic E-state index is 12.3.